The van der Waals surface area contributed by atoms with Crippen molar-refractivity contribution in [2.75, 3.05) is 13.7 Å². The van der Waals surface area contributed by atoms with E-state index in [2.05, 4.69) is 24.0 Å². The van der Waals surface area contributed by atoms with Crippen LogP contribution in [-0.2, 0) is 6.54 Å². The lowest BCUT2D eigenvalue weighted by atomic mass is 10.0. The summed E-state index contributed by atoms with van der Waals surface area (Å²) >= 11 is 0. The zero-order valence-electron chi connectivity index (χ0n) is 11.6. The Kier molecular flexibility index (Phi) is 4.25. The van der Waals surface area contributed by atoms with Crippen LogP contribution in [0, 0.1) is 0 Å². The molecule has 0 heterocycles. The molecule has 3 heteroatoms. The second-order valence-electron chi connectivity index (χ2n) is 5.15. The van der Waals surface area contributed by atoms with E-state index in [0.29, 0.717) is 0 Å². The van der Waals surface area contributed by atoms with E-state index in [9.17, 15) is 0 Å². The van der Waals surface area contributed by atoms with E-state index in [1.54, 1.807) is 7.11 Å². The van der Waals surface area contributed by atoms with Crippen molar-refractivity contribution in [3.63, 3.8) is 0 Å². The smallest absolute Gasteiger partial charge is 0.123 e. The van der Waals surface area contributed by atoms with Crippen molar-refractivity contribution in [3.8, 4) is 5.75 Å². The Morgan fingerprint density at radius 1 is 1.44 bits per heavy atom. The Balaban J connectivity index is 2.19. The van der Waals surface area contributed by atoms with Gasteiger partial charge in [-0.25, -0.2) is 0 Å². The monoisotopic (exact) mass is 248 g/mol. The van der Waals surface area contributed by atoms with Gasteiger partial charge in [0.05, 0.1) is 7.11 Å². The predicted octanol–water partition coefficient (Wildman–Crippen LogP) is 2.70. The fraction of sp³-hybridized carbons (Fsp3) is 0.600. The van der Waals surface area contributed by atoms with Crippen molar-refractivity contribution >= 4 is 0 Å². The number of hydrogen-bond acceptors (Lipinski definition) is 3. The SMILES string of the molecule is CCN(Cc1cc(C(C)N)ccc1OC)C1CC1. The van der Waals surface area contributed by atoms with Crippen molar-refractivity contribution in [1.82, 2.24) is 4.90 Å². The molecular weight excluding hydrogens is 224 g/mol. The molecule has 0 radical (unpaired) electrons. The van der Waals surface area contributed by atoms with E-state index >= 15 is 0 Å². The Labute approximate surface area is 110 Å². The highest BCUT2D eigenvalue weighted by molar-refractivity contribution is 5.38. The molecule has 1 atom stereocenters. The van der Waals surface area contributed by atoms with Crippen molar-refractivity contribution < 1.29 is 4.74 Å². The molecule has 1 aromatic carbocycles. The first-order chi connectivity index (χ1) is 8.65. The lowest BCUT2D eigenvalue weighted by Crippen LogP contribution is -2.25. The van der Waals surface area contributed by atoms with Gasteiger partial charge < -0.3 is 10.5 Å². The van der Waals surface area contributed by atoms with Gasteiger partial charge in [0.25, 0.3) is 0 Å². The number of hydrogen-bond donors (Lipinski definition) is 1. The topological polar surface area (TPSA) is 38.5 Å². The largest absolute Gasteiger partial charge is 0.496 e. The molecule has 1 aliphatic carbocycles. The maximum atomic E-state index is 5.96. The van der Waals surface area contributed by atoms with E-state index in [0.717, 1.165) is 24.9 Å². The van der Waals surface area contributed by atoms with Crippen LogP contribution in [0.1, 0.15) is 43.9 Å². The normalized spacial score (nSPS) is 16.9. The number of benzene rings is 1. The van der Waals surface area contributed by atoms with Gasteiger partial charge in [-0.3, -0.25) is 4.90 Å². The molecule has 1 saturated carbocycles. The Hall–Kier alpha value is -1.06. The third-order valence-corrected chi connectivity index (χ3v) is 3.67. The molecule has 0 aromatic heterocycles. The molecule has 100 valence electrons. The van der Waals surface area contributed by atoms with Crippen molar-refractivity contribution in [3.05, 3.63) is 29.3 Å². The molecule has 1 aromatic rings. The molecule has 0 spiro atoms. The summed E-state index contributed by atoms with van der Waals surface area (Å²) in [6, 6.07) is 7.13. The minimum Gasteiger partial charge on any atom is -0.496 e. The van der Waals surface area contributed by atoms with Crippen LogP contribution in [0.2, 0.25) is 0 Å². The zero-order chi connectivity index (χ0) is 13.1. The lowest BCUT2D eigenvalue weighted by molar-refractivity contribution is 0.264. The fourth-order valence-corrected chi connectivity index (χ4v) is 2.36. The van der Waals surface area contributed by atoms with Crippen LogP contribution in [0.5, 0.6) is 5.75 Å². The zero-order valence-corrected chi connectivity index (χ0v) is 11.6. The average Bonchev–Trinajstić information content (AvgIpc) is 3.19. The maximum absolute atomic E-state index is 5.96. The van der Waals surface area contributed by atoms with E-state index in [-0.39, 0.29) is 6.04 Å². The number of methoxy groups -OCH3 is 1. The standard InChI is InChI=1S/C15H24N2O/c1-4-17(14-6-7-14)10-13-9-12(11(2)16)5-8-15(13)18-3/h5,8-9,11,14H,4,6-7,10,16H2,1-3H3. The number of nitrogens with two attached hydrogens (primary N) is 1. The van der Waals surface area contributed by atoms with Crippen LogP contribution in [-0.4, -0.2) is 24.6 Å². The first-order valence-electron chi connectivity index (χ1n) is 6.82. The quantitative estimate of drug-likeness (QED) is 0.841. The van der Waals surface area contributed by atoms with Crippen LogP contribution in [0.15, 0.2) is 18.2 Å². The van der Waals surface area contributed by atoms with Gasteiger partial charge in [-0.15, -0.1) is 0 Å². The summed E-state index contributed by atoms with van der Waals surface area (Å²) in [6.45, 7) is 6.30. The summed E-state index contributed by atoms with van der Waals surface area (Å²) in [5, 5.41) is 0. The molecule has 2 rings (SSSR count). The third kappa shape index (κ3) is 3.03. The van der Waals surface area contributed by atoms with Gasteiger partial charge in [0.15, 0.2) is 0 Å². The Morgan fingerprint density at radius 2 is 2.17 bits per heavy atom. The molecule has 1 fully saturated rings. The first-order valence-corrected chi connectivity index (χ1v) is 6.82. The predicted molar refractivity (Wildman–Crippen MR) is 74.7 cm³/mol. The van der Waals surface area contributed by atoms with Crippen LogP contribution < -0.4 is 10.5 Å². The summed E-state index contributed by atoms with van der Waals surface area (Å²) in [7, 11) is 1.73. The van der Waals surface area contributed by atoms with Crippen LogP contribution in [0.25, 0.3) is 0 Å². The van der Waals surface area contributed by atoms with Gasteiger partial charge in [0.2, 0.25) is 0 Å². The Bertz CT molecular complexity index is 399. The summed E-state index contributed by atoms with van der Waals surface area (Å²) in [5.74, 6) is 0.971. The van der Waals surface area contributed by atoms with Crippen LogP contribution >= 0.6 is 0 Å². The third-order valence-electron chi connectivity index (χ3n) is 3.67. The van der Waals surface area contributed by atoms with Gasteiger partial charge in [-0.05, 0) is 44.0 Å². The van der Waals surface area contributed by atoms with E-state index in [1.807, 2.05) is 13.0 Å². The number of nitrogens with zero attached hydrogens (tertiary/aromatic N) is 1. The second kappa shape index (κ2) is 5.72. The van der Waals surface area contributed by atoms with Crippen molar-refractivity contribution in [2.24, 2.45) is 5.73 Å². The second-order valence-corrected chi connectivity index (χ2v) is 5.15. The summed E-state index contributed by atoms with van der Waals surface area (Å²) < 4.78 is 5.46. The van der Waals surface area contributed by atoms with Crippen molar-refractivity contribution in [1.29, 1.82) is 0 Å². The van der Waals surface area contributed by atoms with E-state index < -0.39 is 0 Å². The summed E-state index contributed by atoms with van der Waals surface area (Å²) in [6.07, 6.45) is 2.67. The van der Waals surface area contributed by atoms with E-state index in [4.69, 9.17) is 10.5 Å². The average molecular weight is 248 g/mol. The molecule has 18 heavy (non-hydrogen) atoms. The molecule has 0 bridgehead atoms. The van der Waals surface area contributed by atoms with Gasteiger partial charge in [0, 0.05) is 24.2 Å². The molecule has 0 saturated heterocycles. The number of ether oxygens (including phenoxy) is 1. The molecule has 0 amide bonds. The lowest BCUT2D eigenvalue weighted by Gasteiger charge is -2.22. The highest BCUT2D eigenvalue weighted by atomic mass is 16.5. The first kappa shape index (κ1) is 13.4. The maximum Gasteiger partial charge on any atom is 0.123 e. The van der Waals surface area contributed by atoms with Gasteiger partial charge in [-0.2, -0.15) is 0 Å². The molecule has 3 nitrogen and oxygen atoms in total. The number of rotatable bonds is 6. The van der Waals surface area contributed by atoms with Gasteiger partial charge in [0.1, 0.15) is 5.75 Å². The minimum atomic E-state index is 0.0747. The molecular formula is C15H24N2O. The molecule has 2 N–H and O–H groups in total. The van der Waals surface area contributed by atoms with Gasteiger partial charge in [-0.1, -0.05) is 13.0 Å². The summed E-state index contributed by atoms with van der Waals surface area (Å²) in [5.41, 5.74) is 8.38. The highest BCUT2D eigenvalue weighted by Crippen LogP contribution is 2.30. The van der Waals surface area contributed by atoms with Crippen molar-refractivity contribution in [2.45, 2.75) is 45.3 Å². The highest BCUT2D eigenvalue weighted by Gasteiger charge is 2.28. The van der Waals surface area contributed by atoms with Crippen LogP contribution in [0.4, 0.5) is 0 Å². The van der Waals surface area contributed by atoms with Crippen LogP contribution in [0.3, 0.4) is 0 Å². The fourth-order valence-electron chi connectivity index (χ4n) is 2.36. The van der Waals surface area contributed by atoms with Gasteiger partial charge >= 0.3 is 0 Å². The minimum absolute atomic E-state index is 0.0747. The van der Waals surface area contributed by atoms with E-state index in [1.165, 1.54) is 24.0 Å². The Morgan fingerprint density at radius 3 is 2.67 bits per heavy atom. The molecule has 1 unspecified atom stereocenters. The molecule has 0 aliphatic heterocycles. The summed E-state index contributed by atoms with van der Waals surface area (Å²) in [4.78, 5) is 2.52. The molecule has 1 aliphatic rings.